The van der Waals surface area contributed by atoms with Crippen LogP contribution in [0.1, 0.15) is 84.5 Å². The monoisotopic (exact) mass is 1110 g/mol. The van der Waals surface area contributed by atoms with Crippen LogP contribution >= 0.6 is 0 Å². The van der Waals surface area contributed by atoms with Crippen molar-refractivity contribution in [2.75, 3.05) is 32.9 Å². The van der Waals surface area contributed by atoms with Crippen LogP contribution in [0.5, 0.6) is 0 Å². The van der Waals surface area contributed by atoms with E-state index in [-0.39, 0.29) is 81.8 Å². The summed E-state index contributed by atoms with van der Waals surface area (Å²) >= 11 is 0. The molecule has 18 N–H and O–H groups in total. The summed E-state index contributed by atoms with van der Waals surface area (Å²) in [6.45, 7) is 1.81. The molecule has 3 unspecified atom stereocenters. The number of nitrogens with two attached hydrogens (primary N) is 4. The molecule has 0 aromatic rings. The fourth-order valence-electron chi connectivity index (χ4n) is 13.1. The summed E-state index contributed by atoms with van der Waals surface area (Å²) in [4.78, 5) is 76.7. The molecule has 78 heavy (non-hydrogen) atoms. The first-order valence-corrected chi connectivity index (χ1v) is 26.7. The van der Waals surface area contributed by atoms with Crippen molar-refractivity contribution in [3.05, 3.63) is 23.8 Å². The van der Waals surface area contributed by atoms with Gasteiger partial charge < -0.3 is 107 Å². The molecule has 0 aromatic heterocycles. The van der Waals surface area contributed by atoms with E-state index in [4.69, 9.17) is 56.1 Å². The number of ketones is 2. The van der Waals surface area contributed by atoms with E-state index < -0.39 is 176 Å². The number of nitrogens with one attached hydrogen (secondary N) is 1. The second-order valence-corrected chi connectivity index (χ2v) is 22.4. The molecule has 2 saturated heterocycles. The van der Waals surface area contributed by atoms with Crippen LogP contribution in [0, 0.1) is 28.6 Å². The van der Waals surface area contributed by atoms with E-state index in [1.165, 1.54) is 6.08 Å². The number of fused-ring (bicyclic) bond motifs is 5. The standard InChI is InChI=1S/C51H79N5O22/c1-49-12-9-23(57)16-22(49)5-6-24-25-10-13-51(71,50(25,2)18-29(59)36(24)49)32(60)21-74-35(63)8-7-34(62)72-15-3-4-33(61)73-20-31-38(64)37(55)40(66)47(76-31)78-45-27(56-46(70)28(58)11-14-52)17-26(54)44(43(45)69)77-48-42(68)41(67)39(65)30(19-53)75-48/h9,12,16,24-31,36-45,47-48,58-59,64-69,71H,3-8,10-11,13-15,17-21,52-55H2,1-2H3,(H,56,70)/t24?,25?,26-,27+,28-,29-,30+,31+,36?,37-,38+,39+,40+,41-,42+,43-,44+,45-,47+,48+,49-,50-,51-/m0/s1. The number of aliphatic hydroxyl groups is 9. The van der Waals surface area contributed by atoms with Crippen molar-refractivity contribution >= 4 is 35.4 Å². The van der Waals surface area contributed by atoms with Crippen molar-refractivity contribution < 1.29 is 108 Å². The van der Waals surface area contributed by atoms with Crippen LogP contribution < -0.4 is 28.3 Å². The molecule has 6 fully saturated rings. The maximum absolute atomic E-state index is 13.7. The molecule has 7 aliphatic rings. The first-order chi connectivity index (χ1) is 36.8. The summed E-state index contributed by atoms with van der Waals surface area (Å²) in [5.41, 5.74) is 21.2. The molecule has 0 aromatic carbocycles. The third kappa shape index (κ3) is 12.6. The second-order valence-electron chi connectivity index (χ2n) is 22.4. The van der Waals surface area contributed by atoms with Gasteiger partial charge >= 0.3 is 17.9 Å². The van der Waals surface area contributed by atoms with Crippen molar-refractivity contribution in [1.82, 2.24) is 5.32 Å². The first-order valence-electron chi connectivity index (χ1n) is 26.7. The highest BCUT2D eigenvalue weighted by Crippen LogP contribution is 2.67. The quantitative estimate of drug-likeness (QED) is 0.0289. The number of rotatable bonds is 21. The molecule has 4 saturated carbocycles. The highest BCUT2D eigenvalue weighted by atomic mass is 16.7. The number of esters is 3. The highest BCUT2D eigenvalue weighted by molar-refractivity contribution is 6.01. The van der Waals surface area contributed by atoms with Gasteiger partial charge in [-0.2, -0.15) is 0 Å². The van der Waals surface area contributed by atoms with Gasteiger partial charge in [0.2, 0.25) is 11.7 Å². The molecule has 0 spiro atoms. The smallest absolute Gasteiger partial charge is 0.306 e. The lowest BCUT2D eigenvalue weighted by Crippen LogP contribution is -2.69. The lowest BCUT2D eigenvalue weighted by atomic mass is 9.46. The fraction of sp³-hybridized carbons (Fsp3) is 0.804. The summed E-state index contributed by atoms with van der Waals surface area (Å²) in [7, 11) is 0. The number of hydrogen-bond acceptors (Lipinski definition) is 26. The maximum Gasteiger partial charge on any atom is 0.306 e. The zero-order valence-corrected chi connectivity index (χ0v) is 43.7. The predicted molar refractivity (Wildman–Crippen MR) is 264 cm³/mol. The van der Waals surface area contributed by atoms with Gasteiger partial charge in [-0.05, 0) is 81.9 Å². The van der Waals surface area contributed by atoms with Gasteiger partial charge in [0, 0.05) is 35.8 Å². The first kappa shape index (κ1) is 61.6. The number of amides is 1. The van der Waals surface area contributed by atoms with Crippen LogP contribution in [0.3, 0.4) is 0 Å². The number of allylic oxidation sites excluding steroid dienone is 4. The molecule has 7 rings (SSSR count). The minimum absolute atomic E-state index is 0.0222. The molecule has 2 heterocycles. The lowest BCUT2D eigenvalue weighted by molar-refractivity contribution is -0.332. The molecule has 0 bridgehead atoms. The van der Waals surface area contributed by atoms with E-state index in [1.54, 1.807) is 13.0 Å². The summed E-state index contributed by atoms with van der Waals surface area (Å²) in [5.74, 6) is -4.58. The molecule has 1 amide bonds. The zero-order valence-electron chi connectivity index (χ0n) is 43.7. The Balaban J connectivity index is 0.850. The Kier molecular flexibility index (Phi) is 20.1. The molecular weight excluding hydrogens is 1030 g/mol. The number of ether oxygens (including phenoxy) is 7. The Bertz CT molecular complexity index is 2240. The average molecular weight is 1110 g/mol. The maximum atomic E-state index is 13.7. The summed E-state index contributed by atoms with van der Waals surface area (Å²) in [6.07, 6.45) is -16.6. The summed E-state index contributed by atoms with van der Waals surface area (Å²) < 4.78 is 38.9. The van der Waals surface area contributed by atoms with Gasteiger partial charge in [-0.25, -0.2) is 0 Å². The van der Waals surface area contributed by atoms with E-state index in [1.807, 2.05) is 13.0 Å². The minimum Gasteiger partial charge on any atom is -0.466 e. The number of Topliss-reactive ketones (excluding diaryl/α,β-unsaturated/α-hetero) is 1. The van der Waals surface area contributed by atoms with Crippen LogP contribution in [0.4, 0.5) is 0 Å². The van der Waals surface area contributed by atoms with Crippen LogP contribution in [0.25, 0.3) is 0 Å². The molecule has 0 radical (unpaired) electrons. The Morgan fingerprint density at radius 1 is 0.808 bits per heavy atom. The molecule has 440 valence electrons. The van der Waals surface area contributed by atoms with Crippen molar-refractivity contribution in [3.8, 4) is 0 Å². The number of aliphatic hydroxyl groups excluding tert-OH is 8. The van der Waals surface area contributed by atoms with Crippen molar-refractivity contribution in [2.24, 2.45) is 51.5 Å². The van der Waals surface area contributed by atoms with Gasteiger partial charge in [-0.3, -0.25) is 28.8 Å². The van der Waals surface area contributed by atoms with Crippen LogP contribution in [-0.2, 0) is 61.9 Å². The molecular formula is C51H79N5O22. The van der Waals surface area contributed by atoms with Gasteiger partial charge in [0.05, 0.1) is 37.6 Å². The van der Waals surface area contributed by atoms with Gasteiger partial charge in [-0.1, -0.05) is 25.5 Å². The Morgan fingerprint density at radius 3 is 2.15 bits per heavy atom. The van der Waals surface area contributed by atoms with Gasteiger partial charge in [-0.15, -0.1) is 0 Å². The molecule has 5 aliphatic carbocycles. The highest BCUT2D eigenvalue weighted by Gasteiger charge is 2.68. The topological polar surface area (TPSA) is 465 Å². The van der Waals surface area contributed by atoms with E-state index in [9.17, 15) is 74.7 Å². The SMILES string of the molecule is C[C@]12C=CC(=O)C=C1CCC1C2[C@@H](O)C[C@@]2(C)C1CC[C@]2(O)C(=O)COC(=O)CCC(=O)OCCCC(=O)OC[C@H]1O[C@H](O[C@@H]2[C@@H](O)[C@H](O[C@H]3O[C@H](CN)[C@@H](O)[C@H](O)[C@H]3O)[C@@H](N)C[C@H]2NC(=O)[C@@H](O)CCN)[C@H](O)[C@@H](N)[C@@H]1O. The molecule has 27 heteroatoms. The molecule has 23 atom stereocenters. The second kappa shape index (κ2) is 25.4. The zero-order chi connectivity index (χ0) is 57.2. The van der Waals surface area contributed by atoms with Crippen LogP contribution in [0.2, 0.25) is 0 Å². The molecule has 2 aliphatic heterocycles. The molecule has 27 nitrogen and oxygen atoms in total. The Labute approximate surface area is 449 Å². The number of carbonyl (C=O) groups excluding carboxylic acids is 6. The lowest BCUT2D eigenvalue weighted by Gasteiger charge is -2.59. The summed E-state index contributed by atoms with van der Waals surface area (Å²) in [6, 6.07) is -3.89. The normalized spacial score (nSPS) is 42.5. The van der Waals surface area contributed by atoms with Gasteiger partial charge in [0.25, 0.3) is 0 Å². The van der Waals surface area contributed by atoms with Crippen molar-refractivity contribution in [1.29, 1.82) is 0 Å². The van der Waals surface area contributed by atoms with Gasteiger partial charge in [0.1, 0.15) is 79.4 Å². The predicted octanol–water partition coefficient (Wildman–Crippen LogP) is -5.65. The minimum atomic E-state index is -1.87. The fourth-order valence-corrected chi connectivity index (χ4v) is 13.1. The van der Waals surface area contributed by atoms with Crippen LogP contribution in [-0.4, -0.2) is 224 Å². The largest absolute Gasteiger partial charge is 0.466 e. The van der Waals surface area contributed by atoms with E-state index in [0.29, 0.717) is 19.3 Å². The Morgan fingerprint density at radius 2 is 1.46 bits per heavy atom. The van der Waals surface area contributed by atoms with Crippen LogP contribution in [0.15, 0.2) is 23.8 Å². The van der Waals surface area contributed by atoms with E-state index >= 15 is 0 Å². The third-order valence-electron chi connectivity index (χ3n) is 17.5. The van der Waals surface area contributed by atoms with Crippen molar-refractivity contribution in [2.45, 2.75) is 194 Å². The summed E-state index contributed by atoms with van der Waals surface area (Å²) in [5, 5.41) is 102. The van der Waals surface area contributed by atoms with Crippen molar-refractivity contribution in [3.63, 3.8) is 0 Å². The Hall–Kier alpha value is -3.98. The third-order valence-corrected chi connectivity index (χ3v) is 17.5. The average Bonchev–Trinajstić information content (AvgIpc) is 3.67. The van der Waals surface area contributed by atoms with Gasteiger partial charge in [0.15, 0.2) is 25.0 Å². The number of carbonyl (C=O) groups is 6. The van der Waals surface area contributed by atoms with E-state index in [2.05, 4.69) is 5.32 Å². The van der Waals surface area contributed by atoms with E-state index in [0.717, 1.165) is 5.57 Å². The number of hydrogen-bond donors (Lipinski definition) is 14.